The van der Waals surface area contributed by atoms with Crippen molar-refractivity contribution in [2.75, 3.05) is 25.5 Å². The van der Waals surface area contributed by atoms with Crippen LogP contribution in [0, 0.1) is 18.8 Å². The summed E-state index contributed by atoms with van der Waals surface area (Å²) in [4.78, 5) is 47.7. The number of amides is 3. The van der Waals surface area contributed by atoms with Gasteiger partial charge in [-0.2, -0.15) is 0 Å². The molecule has 3 aromatic rings. The van der Waals surface area contributed by atoms with Gasteiger partial charge in [-0.15, -0.1) is 26.0 Å². The van der Waals surface area contributed by atoms with Crippen LogP contribution in [0.2, 0.25) is 5.02 Å². The van der Waals surface area contributed by atoms with E-state index in [0.29, 0.717) is 28.6 Å². The number of terminal acetylenes is 1. The number of hydrogen-bond acceptors (Lipinski definition) is 9. The Balaban J connectivity index is 0. The molecule has 0 spiro atoms. The second-order valence-corrected chi connectivity index (χ2v) is 18.7. The van der Waals surface area contributed by atoms with Crippen molar-refractivity contribution in [3.8, 4) is 18.6 Å². The largest absolute Gasteiger partial charge is 0.495 e. The van der Waals surface area contributed by atoms with Gasteiger partial charge in [-0.3, -0.25) is 23.9 Å². The standard InChI is InChI=1S/C12H20N2O2S.C10H8ClNO2.C9H14N2O2.C4H7NO2S.C4H10.C2H6.C2H4.C2H2/c1-5-13-10-7-6-8-11(9-10)17(15,16)14-12(2,3)4;1-14-9-5-12-10(13)8-4-6(11)2-3-7(8)9;12-6-11-5-1-2-8(11)9(13)10-7-3-4-7;6-3-5-8(7)4-1-2-4;1-4(2)3;3*1-2/h6-9,13-14H,5H2,1-4H3;2-5H,1H3,(H,12,13);6-8H,1-5H2,(H,10,13);3-4H,1-2H2,(H,5,6);4H,1-3H3;1-2H3;1-2H2;1-2H/t;;8-;;;;;/m..0...../s1. The van der Waals surface area contributed by atoms with Gasteiger partial charge in [0, 0.05) is 47.0 Å². The average Bonchev–Trinajstić information content (AvgIpc) is 4.19. The van der Waals surface area contributed by atoms with Crippen molar-refractivity contribution >= 4 is 67.8 Å². The summed E-state index contributed by atoms with van der Waals surface area (Å²) in [7, 11) is -2.97. The molecule has 1 saturated heterocycles. The molecule has 3 aliphatic rings. The summed E-state index contributed by atoms with van der Waals surface area (Å²) in [5, 5.41) is 8.10. The van der Waals surface area contributed by atoms with Crippen LogP contribution in [0.5, 0.6) is 5.75 Å². The van der Waals surface area contributed by atoms with E-state index in [1.807, 2.05) is 47.6 Å². The van der Waals surface area contributed by atoms with Crippen LogP contribution in [-0.2, 0) is 35.4 Å². The van der Waals surface area contributed by atoms with Crippen LogP contribution in [0.3, 0.4) is 0 Å². The number of ether oxygens (including phenoxy) is 1. The van der Waals surface area contributed by atoms with E-state index in [4.69, 9.17) is 16.3 Å². The zero-order valence-corrected chi connectivity index (χ0v) is 40.6. The molecule has 3 amide bonds. The quantitative estimate of drug-likeness (QED) is 0.0732. The molecule has 3 fully saturated rings. The van der Waals surface area contributed by atoms with E-state index in [9.17, 15) is 31.8 Å². The number of pyridine rings is 1. The maximum Gasteiger partial charge on any atom is 0.256 e. The predicted octanol–water partition coefficient (Wildman–Crippen LogP) is 7.57. The molecular weight excluding hydrogens is 852 g/mol. The highest BCUT2D eigenvalue weighted by Crippen LogP contribution is 2.25. The molecule has 5 N–H and O–H groups in total. The number of H-pyrrole nitrogens is 1. The number of aromatic nitrogens is 1. The van der Waals surface area contributed by atoms with Crippen LogP contribution >= 0.6 is 11.6 Å². The third kappa shape index (κ3) is 24.7. The van der Waals surface area contributed by atoms with Gasteiger partial charge in [-0.1, -0.05) is 52.3 Å². The SMILES string of the molecule is C#C.C=C.CC.CC(C)C.CCNc1cccc(S(=O)(=O)NC(C)(C)C)c1.COc1c[nH]c(=O)c2cc(Cl)ccc12.O=CN1CCC[C@H]1C(=O)NC1CC1.O=CNS(=O)C1CC1. The number of nitrogens with one attached hydrogen (secondary N) is 5. The Labute approximate surface area is 378 Å². The lowest BCUT2D eigenvalue weighted by Crippen LogP contribution is -2.43. The molecule has 6 rings (SSSR count). The van der Waals surface area contributed by atoms with E-state index in [2.05, 4.69) is 71.8 Å². The maximum atomic E-state index is 12.1. The number of rotatable bonds is 11. The Kier molecular flexibility index (Phi) is 30.7. The minimum absolute atomic E-state index is 0.0344. The minimum Gasteiger partial charge on any atom is -0.495 e. The number of benzene rings is 2. The first-order valence-corrected chi connectivity index (χ1v) is 23.6. The summed E-state index contributed by atoms with van der Waals surface area (Å²) in [6.45, 7) is 25.4. The lowest BCUT2D eigenvalue weighted by atomic mass is 10.1. The first-order valence-electron chi connectivity index (χ1n) is 20.5. The molecule has 17 heteroatoms. The molecule has 2 aliphatic carbocycles. The lowest BCUT2D eigenvalue weighted by Gasteiger charge is -2.20. The van der Waals surface area contributed by atoms with Gasteiger partial charge in [0.25, 0.3) is 5.56 Å². The summed E-state index contributed by atoms with van der Waals surface area (Å²) in [6.07, 6.45) is 16.7. The van der Waals surface area contributed by atoms with Gasteiger partial charge in [-0.25, -0.2) is 17.3 Å². The minimum atomic E-state index is -3.45. The predicted molar refractivity (Wildman–Crippen MR) is 257 cm³/mol. The van der Waals surface area contributed by atoms with Crippen molar-refractivity contribution in [3.63, 3.8) is 0 Å². The summed E-state index contributed by atoms with van der Waals surface area (Å²) in [6, 6.07) is 12.1. The topological polar surface area (TPSA) is 196 Å². The van der Waals surface area contributed by atoms with Crippen molar-refractivity contribution < 1.29 is 31.7 Å². The first kappa shape index (κ1) is 59.4. The van der Waals surface area contributed by atoms with Crippen molar-refractivity contribution in [1.29, 1.82) is 0 Å². The fraction of sp³-hybridized carbons (Fsp3) is 0.511. The summed E-state index contributed by atoms with van der Waals surface area (Å²) < 4.78 is 44.6. The number of methoxy groups -OCH3 is 1. The van der Waals surface area contributed by atoms with Gasteiger partial charge in [0.2, 0.25) is 28.8 Å². The third-order valence-electron chi connectivity index (χ3n) is 7.66. The number of sulfonamides is 1. The summed E-state index contributed by atoms with van der Waals surface area (Å²) >= 11 is 5.79. The van der Waals surface area contributed by atoms with Gasteiger partial charge in [0.15, 0.2) is 0 Å². The molecule has 2 atom stereocenters. The Bertz CT molecular complexity index is 1980. The molecule has 0 radical (unpaired) electrons. The van der Waals surface area contributed by atoms with Crippen molar-refractivity contribution in [2.45, 2.75) is 129 Å². The summed E-state index contributed by atoms with van der Waals surface area (Å²) in [5.74, 6) is 1.50. The average molecular weight is 924 g/mol. The second kappa shape index (κ2) is 32.1. The Hall–Kier alpha value is -4.69. The molecule has 62 heavy (non-hydrogen) atoms. The van der Waals surface area contributed by atoms with E-state index >= 15 is 0 Å². The molecule has 1 aliphatic heterocycles. The van der Waals surface area contributed by atoms with Crippen LogP contribution in [0.25, 0.3) is 10.8 Å². The van der Waals surface area contributed by atoms with E-state index in [0.717, 1.165) is 75.0 Å². The molecule has 14 nitrogen and oxygen atoms in total. The normalized spacial score (nSPS) is 15.1. The fourth-order valence-electron chi connectivity index (χ4n) is 4.96. The number of aromatic amines is 1. The number of likely N-dealkylation sites (tertiary alicyclic amines) is 1. The number of carbonyl (C=O) groups excluding carboxylic acids is 3. The molecule has 1 unspecified atom stereocenters. The van der Waals surface area contributed by atoms with E-state index in [-0.39, 0.29) is 27.7 Å². The molecule has 348 valence electrons. The fourth-order valence-corrected chi connectivity index (χ4v) is 7.45. The van der Waals surface area contributed by atoms with Gasteiger partial charge in [0.05, 0.1) is 22.6 Å². The highest BCUT2D eigenvalue weighted by molar-refractivity contribution is 7.89. The van der Waals surface area contributed by atoms with Crippen LogP contribution in [0.4, 0.5) is 5.69 Å². The number of fused-ring (bicyclic) bond motifs is 1. The Morgan fingerprint density at radius 2 is 1.63 bits per heavy atom. The zero-order valence-electron chi connectivity index (χ0n) is 38.2. The number of carbonyl (C=O) groups is 3. The Morgan fingerprint density at radius 3 is 2.11 bits per heavy atom. The number of hydrogen-bond donors (Lipinski definition) is 5. The van der Waals surface area contributed by atoms with E-state index in [1.54, 1.807) is 54.6 Å². The van der Waals surface area contributed by atoms with Crippen molar-refractivity contribution in [2.24, 2.45) is 5.92 Å². The number of anilines is 1. The Morgan fingerprint density at radius 1 is 1.03 bits per heavy atom. The lowest BCUT2D eigenvalue weighted by molar-refractivity contribution is -0.131. The highest BCUT2D eigenvalue weighted by atomic mass is 35.5. The van der Waals surface area contributed by atoms with Crippen LogP contribution in [-0.4, -0.2) is 84.3 Å². The molecule has 2 saturated carbocycles. The van der Waals surface area contributed by atoms with Crippen molar-refractivity contribution in [1.82, 2.24) is 24.6 Å². The third-order valence-corrected chi connectivity index (χ3v) is 11.1. The monoisotopic (exact) mass is 922 g/mol. The van der Waals surface area contributed by atoms with Gasteiger partial charge >= 0.3 is 0 Å². The molecule has 0 bridgehead atoms. The van der Waals surface area contributed by atoms with E-state index < -0.39 is 26.5 Å². The van der Waals surface area contributed by atoms with Crippen LogP contribution in [0.1, 0.15) is 101 Å². The highest BCUT2D eigenvalue weighted by Gasteiger charge is 2.33. The van der Waals surface area contributed by atoms with Crippen LogP contribution < -0.4 is 30.4 Å². The smallest absolute Gasteiger partial charge is 0.256 e. The number of nitrogens with zero attached hydrogens (tertiary/aromatic N) is 1. The van der Waals surface area contributed by atoms with Gasteiger partial charge in [-0.05, 0) is 109 Å². The van der Waals surface area contributed by atoms with Crippen LogP contribution in [0.15, 0.2) is 71.5 Å². The van der Waals surface area contributed by atoms with Crippen molar-refractivity contribution in [3.05, 3.63) is 77.2 Å². The molecule has 2 heterocycles. The van der Waals surface area contributed by atoms with E-state index in [1.165, 1.54) is 0 Å². The maximum absolute atomic E-state index is 12.1. The molecule has 1 aromatic heterocycles. The summed E-state index contributed by atoms with van der Waals surface area (Å²) in [5.41, 5.74) is 0.167. The molecular formula is C45H71ClN6O8S2. The molecule has 2 aromatic carbocycles. The van der Waals surface area contributed by atoms with Gasteiger partial charge < -0.3 is 25.3 Å². The van der Waals surface area contributed by atoms with Gasteiger partial charge in [0.1, 0.15) is 22.8 Å². The zero-order chi connectivity index (χ0) is 48.1. The first-order chi connectivity index (χ1) is 29.3. The number of halogens is 1. The second-order valence-electron chi connectivity index (χ2n) is 15.0.